The number of carbonyl (C=O) groups excluding carboxylic acids is 2. The van der Waals surface area contributed by atoms with Crippen molar-refractivity contribution in [3.05, 3.63) is 40.9 Å². The summed E-state index contributed by atoms with van der Waals surface area (Å²) in [5.74, 6) is 0.309. The summed E-state index contributed by atoms with van der Waals surface area (Å²) in [5.41, 5.74) is 0. The highest BCUT2D eigenvalue weighted by Crippen LogP contribution is 2.34. The Morgan fingerprint density at radius 3 is 2.43 bits per heavy atom. The van der Waals surface area contributed by atoms with E-state index in [0.29, 0.717) is 26.0 Å². The highest BCUT2D eigenvalue weighted by atomic mass is 79.9. The molecule has 110 valence electrons. The molecule has 0 radical (unpaired) electrons. The van der Waals surface area contributed by atoms with Crippen LogP contribution in [-0.4, -0.2) is 29.9 Å². The van der Waals surface area contributed by atoms with Crippen LogP contribution in [0.1, 0.15) is 12.8 Å². The molecule has 0 saturated carbocycles. The smallest absolute Gasteiger partial charge is 0.233 e. The van der Waals surface area contributed by atoms with E-state index >= 15 is 0 Å². The van der Waals surface area contributed by atoms with Gasteiger partial charge in [0.15, 0.2) is 0 Å². The largest absolute Gasteiger partial charge is 0.492 e. The number of rotatable bonds is 4. The number of carbonyl (C=O) groups is 2. The molecule has 1 heterocycles. The second-order valence-corrected chi connectivity index (χ2v) is 6.21. The first-order valence-corrected chi connectivity index (χ1v) is 7.84. The van der Waals surface area contributed by atoms with E-state index in [0.717, 1.165) is 10.2 Å². The van der Waals surface area contributed by atoms with Crippen molar-refractivity contribution in [2.75, 3.05) is 13.2 Å². The quantitative estimate of drug-likeness (QED) is 0.620. The van der Waals surface area contributed by atoms with Crippen LogP contribution in [0.5, 0.6) is 5.75 Å². The third-order valence-electron chi connectivity index (χ3n) is 3.98. The lowest BCUT2D eigenvalue weighted by molar-refractivity contribution is -0.140. The Morgan fingerprint density at radius 1 is 1.14 bits per heavy atom. The number of benzene rings is 1. The van der Waals surface area contributed by atoms with Crippen molar-refractivity contribution in [3.63, 3.8) is 0 Å². The average molecular weight is 350 g/mol. The zero-order valence-electron chi connectivity index (χ0n) is 11.5. The van der Waals surface area contributed by atoms with Crippen LogP contribution in [0.4, 0.5) is 0 Å². The minimum absolute atomic E-state index is 0.0489. The van der Waals surface area contributed by atoms with Gasteiger partial charge in [-0.1, -0.05) is 34.1 Å². The minimum atomic E-state index is -0.159. The number of hydrogen-bond donors (Lipinski definition) is 0. The third-order valence-corrected chi connectivity index (χ3v) is 4.47. The first kappa shape index (κ1) is 14.3. The summed E-state index contributed by atoms with van der Waals surface area (Å²) in [6, 6.07) is 7.50. The van der Waals surface area contributed by atoms with Gasteiger partial charge in [0.2, 0.25) is 11.8 Å². The molecule has 3 rings (SSSR count). The second-order valence-electron chi connectivity index (χ2n) is 5.29. The molecule has 1 saturated heterocycles. The van der Waals surface area contributed by atoms with Crippen molar-refractivity contribution in [3.8, 4) is 5.75 Å². The van der Waals surface area contributed by atoms with Gasteiger partial charge in [0.1, 0.15) is 12.4 Å². The molecule has 5 heteroatoms. The summed E-state index contributed by atoms with van der Waals surface area (Å²) in [6.07, 6.45) is 5.35. The lowest BCUT2D eigenvalue weighted by atomic mass is 9.85. The topological polar surface area (TPSA) is 46.6 Å². The fraction of sp³-hybridized carbons (Fsp3) is 0.375. The van der Waals surface area contributed by atoms with E-state index < -0.39 is 0 Å². The molecule has 1 aromatic rings. The third kappa shape index (κ3) is 2.88. The van der Waals surface area contributed by atoms with Crippen LogP contribution in [0.3, 0.4) is 0 Å². The van der Waals surface area contributed by atoms with E-state index in [1.807, 2.05) is 36.4 Å². The van der Waals surface area contributed by atoms with Crippen LogP contribution in [0.25, 0.3) is 0 Å². The van der Waals surface area contributed by atoms with E-state index in [2.05, 4.69) is 15.9 Å². The summed E-state index contributed by atoms with van der Waals surface area (Å²) in [5, 5.41) is 0. The molecule has 2 amide bonds. The Morgan fingerprint density at radius 2 is 1.81 bits per heavy atom. The molecule has 1 fully saturated rings. The highest BCUT2D eigenvalue weighted by molar-refractivity contribution is 9.10. The molecule has 0 spiro atoms. The van der Waals surface area contributed by atoms with Crippen molar-refractivity contribution < 1.29 is 14.3 Å². The van der Waals surface area contributed by atoms with E-state index in [4.69, 9.17) is 4.74 Å². The first-order valence-electron chi connectivity index (χ1n) is 7.05. The lowest BCUT2D eigenvalue weighted by Gasteiger charge is -2.15. The van der Waals surface area contributed by atoms with Gasteiger partial charge < -0.3 is 4.74 Å². The predicted octanol–water partition coefficient (Wildman–Crippen LogP) is 2.78. The maximum absolute atomic E-state index is 12.3. The van der Waals surface area contributed by atoms with Crippen molar-refractivity contribution in [2.45, 2.75) is 12.8 Å². The molecule has 0 unspecified atom stereocenters. The summed E-state index contributed by atoms with van der Waals surface area (Å²) in [4.78, 5) is 25.9. The van der Waals surface area contributed by atoms with Gasteiger partial charge in [0.25, 0.3) is 0 Å². The molecular weight excluding hydrogens is 334 g/mol. The zero-order chi connectivity index (χ0) is 14.8. The van der Waals surface area contributed by atoms with Crippen LogP contribution in [0, 0.1) is 11.8 Å². The maximum atomic E-state index is 12.3. The predicted molar refractivity (Wildman–Crippen MR) is 81.7 cm³/mol. The standard InChI is InChI=1S/C16H16BrNO3/c17-11-4-3-5-12(10-11)21-9-8-18-15(19)13-6-1-2-7-14(13)16(18)20/h1-5,10,13-14H,6-9H2/t13-,14-/m1/s1. The molecule has 2 atom stereocenters. The van der Waals surface area contributed by atoms with Gasteiger partial charge in [-0.3, -0.25) is 14.5 Å². The minimum Gasteiger partial charge on any atom is -0.492 e. The molecule has 21 heavy (non-hydrogen) atoms. The molecular formula is C16H16BrNO3. The Hall–Kier alpha value is -1.62. The van der Waals surface area contributed by atoms with Crippen LogP contribution in [0.15, 0.2) is 40.9 Å². The molecule has 4 nitrogen and oxygen atoms in total. The molecule has 0 N–H and O–H groups in total. The Kier molecular flexibility index (Phi) is 4.10. The van der Waals surface area contributed by atoms with Gasteiger partial charge in [0, 0.05) is 4.47 Å². The van der Waals surface area contributed by atoms with Crippen LogP contribution >= 0.6 is 15.9 Å². The Bertz CT molecular complexity index is 573. The number of ether oxygens (including phenoxy) is 1. The number of fused-ring (bicyclic) bond motifs is 1. The SMILES string of the molecule is O=C1[C@@H]2CC=CC[C@H]2C(=O)N1CCOc1cccc(Br)c1. The van der Waals surface area contributed by atoms with Crippen molar-refractivity contribution in [1.29, 1.82) is 0 Å². The number of halogens is 1. The van der Waals surface area contributed by atoms with E-state index in [1.165, 1.54) is 4.90 Å². The molecule has 2 aliphatic rings. The monoisotopic (exact) mass is 349 g/mol. The van der Waals surface area contributed by atoms with Gasteiger partial charge >= 0.3 is 0 Å². The number of hydrogen-bond acceptors (Lipinski definition) is 3. The van der Waals surface area contributed by atoms with Gasteiger partial charge in [-0.05, 0) is 31.0 Å². The second kappa shape index (κ2) is 6.02. The van der Waals surface area contributed by atoms with Crippen LogP contribution in [-0.2, 0) is 9.59 Å². The van der Waals surface area contributed by atoms with E-state index in [-0.39, 0.29) is 23.7 Å². The summed E-state index contributed by atoms with van der Waals surface area (Å²) in [7, 11) is 0. The molecule has 0 aromatic heterocycles. The van der Waals surface area contributed by atoms with Gasteiger partial charge in [0.05, 0.1) is 18.4 Å². The van der Waals surface area contributed by atoms with Gasteiger partial charge in [-0.15, -0.1) is 0 Å². The molecule has 0 bridgehead atoms. The van der Waals surface area contributed by atoms with Gasteiger partial charge in [-0.25, -0.2) is 0 Å². The number of amides is 2. The van der Waals surface area contributed by atoms with Gasteiger partial charge in [-0.2, -0.15) is 0 Å². The van der Waals surface area contributed by atoms with Crippen LogP contribution < -0.4 is 4.74 Å². The summed E-state index contributed by atoms with van der Waals surface area (Å²) >= 11 is 3.38. The number of imide groups is 1. The van der Waals surface area contributed by atoms with Crippen molar-refractivity contribution in [1.82, 2.24) is 4.90 Å². The number of allylic oxidation sites excluding steroid dienone is 2. The van der Waals surface area contributed by atoms with Crippen molar-refractivity contribution in [2.24, 2.45) is 11.8 Å². The first-order chi connectivity index (χ1) is 10.2. The number of likely N-dealkylation sites (tertiary alicyclic amines) is 1. The number of nitrogens with zero attached hydrogens (tertiary/aromatic N) is 1. The van der Waals surface area contributed by atoms with E-state index in [1.54, 1.807) is 0 Å². The Labute approximate surface area is 131 Å². The lowest BCUT2D eigenvalue weighted by Crippen LogP contribution is -2.34. The fourth-order valence-corrected chi connectivity index (χ4v) is 3.28. The molecule has 1 aromatic carbocycles. The normalized spacial score (nSPS) is 24.3. The van der Waals surface area contributed by atoms with Crippen LogP contribution in [0.2, 0.25) is 0 Å². The molecule has 1 aliphatic heterocycles. The highest BCUT2D eigenvalue weighted by Gasteiger charge is 2.46. The average Bonchev–Trinajstić information content (AvgIpc) is 2.73. The zero-order valence-corrected chi connectivity index (χ0v) is 13.1. The van der Waals surface area contributed by atoms with Crippen molar-refractivity contribution >= 4 is 27.7 Å². The summed E-state index contributed by atoms with van der Waals surface area (Å²) in [6.45, 7) is 0.637. The van der Waals surface area contributed by atoms with E-state index in [9.17, 15) is 9.59 Å². The Balaban J connectivity index is 1.58. The summed E-state index contributed by atoms with van der Waals surface area (Å²) < 4.78 is 6.54. The molecule has 1 aliphatic carbocycles. The maximum Gasteiger partial charge on any atom is 0.233 e. The fourth-order valence-electron chi connectivity index (χ4n) is 2.90.